The summed E-state index contributed by atoms with van der Waals surface area (Å²) in [6.07, 6.45) is 1.36. The molecule has 76 valence electrons. The predicted molar refractivity (Wildman–Crippen MR) is 63.2 cm³/mol. The van der Waals surface area contributed by atoms with Crippen LogP contribution in [-0.4, -0.2) is 20.9 Å². The maximum atomic E-state index is 10.8. The second-order valence-corrected chi connectivity index (χ2v) is 3.92. The molecular formula is C10H7IN2O2. The summed E-state index contributed by atoms with van der Waals surface area (Å²) in [6.45, 7) is 0. The number of nitrogens with zero attached hydrogens (tertiary/aromatic N) is 2. The maximum absolute atomic E-state index is 10.8. The Hall–Kier alpha value is -1.37. The summed E-state index contributed by atoms with van der Waals surface area (Å²) >= 11 is 1.97. The highest BCUT2D eigenvalue weighted by Gasteiger charge is 2.14. The van der Waals surface area contributed by atoms with Crippen molar-refractivity contribution in [2.45, 2.75) is 0 Å². The zero-order valence-corrected chi connectivity index (χ0v) is 9.75. The van der Waals surface area contributed by atoms with Gasteiger partial charge in [-0.25, -0.2) is 9.48 Å². The predicted octanol–water partition coefficient (Wildman–Crippen LogP) is 2.18. The molecule has 0 saturated carbocycles. The van der Waals surface area contributed by atoms with E-state index < -0.39 is 5.97 Å². The number of rotatable bonds is 2. The van der Waals surface area contributed by atoms with Crippen molar-refractivity contribution in [2.24, 2.45) is 0 Å². The van der Waals surface area contributed by atoms with Gasteiger partial charge in [0.15, 0.2) is 0 Å². The van der Waals surface area contributed by atoms with E-state index in [1.54, 1.807) is 4.68 Å². The number of aromatic nitrogens is 2. The smallest absolute Gasteiger partial charge is 0.340 e. The van der Waals surface area contributed by atoms with Gasteiger partial charge in [0.2, 0.25) is 0 Å². The third-order valence-electron chi connectivity index (χ3n) is 1.94. The van der Waals surface area contributed by atoms with E-state index in [9.17, 15) is 4.79 Å². The molecule has 15 heavy (non-hydrogen) atoms. The maximum Gasteiger partial charge on any atom is 0.340 e. The molecule has 0 amide bonds. The SMILES string of the molecule is O=C(O)c1cnn(-c2ccccc2)c1I. The van der Waals surface area contributed by atoms with Crippen LogP contribution in [0.15, 0.2) is 36.5 Å². The van der Waals surface area contributed by atoms with Crippen molar-refractivity contribution in [3.05, 3.63) is 45.8 Å². The lowest BCUT2D eigenvalue weighted by Gasteiger charge is -2.02. The van der Waals surface area contributed by atoms with Crippen LogP contribution in [0.2, 0.25) is 0 Å². The molecule has 1 aromatic carbocycles. The molecule has 0 bridgehead atoms. The molecule has 1 aromatic heterocycles. The van der Waals surface area contributed by atoms with Crippen molar-refractivity contribution in [1.29, 1.82) is 0 Å². The Balaban J connectivity index is 2.52. The molecule has 0 atom stereocenters. The molecule has 0 aliphatic rings. The molecule has 0 unspecified atom stereocenters. The molecule has 1 N–H and O–H groups in total. The normalized spacial score (nSPS) is 10.2. The monoisotopic (exact) mass is 314 g/mol. The standard InChI is InChI=1S/C10H7IN2O2/c11-9-8(10(14)15)6-12-13(9)7-4-2-1-3-5-7/h1-6H,(H,14,15). The van der Waals surface area contributed by atoms with E-state index in [0.29, 0.717) is 3.70 Å². The van der Waals surface area contributed by atoms with Gasteiger partial charge in [-0.1, -0.05) is 18.2 Å². The van der Waals surface area contributed by atoms with Gasteiger partial charge in [0, 0.05) is 0 Å². The first-order valence-corrected chi connectivity index (χ1v) is 5.30. The molecule has 0 saturated heterocycles. The summed E-state index contributed by atoms with van der Waals surface area (Å²) in [7, 11) is 0. The molecular weight excluding hydrogens is 307 g/mol. The highest BCUT2D eigenvalue weighted by molar-refractivity contribution is 14.1. The summed E-state index contributed by atoms with van der Waals surface area (Å²) < 4.78 is 2.20. The van der Waals surface area contributed by atoms with Gasteiger partial charge in [0.1, 0.15) is 9.26 Å². The van der Waals surface area contributed by atoms with Gasteiger partial charge in [-0.05, 0) is 34.7 Å². The van der Waals surface area contributed by atoms with E-state index in [-0.39, 0.29) is 5.56 Å². The number of hydrogen-bond acceptors (Lipinski definition) is 2. The molecule has 0 aliphatic heterocycles. The Morgan fingerprint density at radius 3 is 2.53 bits per heavy atom. The minimum Gasteiger partial charge on any atom is -0.478 e. The van der Waals surface area contributed by atoms with Crippen molar-refractivity contribution >= 4 is 28.6 Å². The van der Waals surface area contributed by atoms with Gasteiger partial charge >= 0.3 is 5.97 Å². The van der Waals surface area contributed by atoms with Gasteiger partial charge in [-0.15, -0.1) is 0 Å². The Labute approximate surface area is 99.7 Å². The van der Waals surface area contributed by atoms with Crippen LogP contribution in [0.25, 0.3) is 5.69 Å². The number of aromatic carboxylic acids is 1. The quantitative estimate of drug-likeness (QED) is 0.865. The Kier molecular flexibility index (Phi) is 2.72. The van der Waals surface area contributed by atoms with Crippen LogP contribution in [0, 0.1) is 3.70 Å². The first-order valence-electron chi connectivity index (χ1n) is 4.22. The number of para-hydroxylation sites is 1. The molecule has 2 aromatic rings. The molecule has 2 rings (SSSR count). The van der Waals surface area contributed by atoms with E-state index in [4.69, 9.17) is 5.11 Å². The summed E-state index contributed by atoms with van der Waals surface area (Å²) in [5.41, 5.74) is 1.08. The largest absolute Gasteiger partial charge is 0.478 e. The highest BCUT2D eigenvalue weighted by atomic mass is 127. The zero-order valence-electron chi connectivity index (χ0n) is 7.59. The van der Waals surface area contributed by atoms with Crippen molar-refractivity contribution in [2.75, 3.05) is 0 Å². The van der Waals surface area contributed by atoms with E-state index in [2.05, 4.69) is 5.10 Å². The number of halogens is 1. The fourth-order valence-corrected chi connectivity index (χ4v) is 2.00. The summed E-state index contributed by atoms with van der Waals surface area (Å²) in [6, 6.07) is 9.42. The third-order valence-corrected chi connectivity index (χ3v) is 2.98. The van der Waals surface area contributed by atoms with Gasteiger partial charge in [-0.3, -0.25) is 0 Å². The first kappa shape index (κ1) is 10.2. The van der Waals surface area contributed by atoms with Crippen LogP contribution in [0.1, 0.15) is 10.4 Å². The Bertz CT molecular complexity index is 493. The average molecular weight is 314 g/mol. The van der Waals surface area contributed by atoms with Crippen LogP contribution < -0.4 is 0 Å². The number of carbonyl (C=O) groups is 1. The minimum absolute atomic E-state index is 0.222. The van der Waals surface area contributed by atoms with Crippen molar-refractivity contribution in [3.8, 4) is 5.69 Å². The summed E-state index contributed by atoms with van der Waals surface area (Å²) in [4.78, 5) is 10.8. The Morgan fingerprint density at radius 1 is 1.33 bits per heavy atom. The third kappa shape index (κ3) is 1.87. The topological polar surface area (TPSA) is 55.1 Å². The highest BCUT2D eigenvalue weighted by Crippen LogP contribution is 2.16. The van der Waals surface area contributed by atoms with Crippen LogP contribution >= 0.6 is 22.6 Å². The van der Waals surface area contributed by atoms with Gasteiger partial charge in [0.05, 0.1) is 11.9 Å². The molecule has 0 radical (unpaired) electrons. The van der Waals surface area contributed by atoms with E-state index >= 15 is 0 Å². The lowest BCUT2D eigenvalue weighted by atomic mass is 10.3. The fraction of sp³-hybridized carbons (Fsp3) is 0. The number of benzene rings is 1. The Morgan fingerprint density at radius 2 is 2.00 bits per heavy atom. The lowest BCUT2D eigenvalue weighted by Crippen LogP contribution is -2.02. The molecule has 0 fully saturated rings. The zero-order chi connectivity index (χ0) is 10.8. The lowest BCUT2D eigenvalue weighted by molar-refractivity contribution is 0.0695. The van der Waals surface area contributed by atoms with Crippen molar-refractivity contribution in [3.63, 3.8) is 0 Å². The van der Waals surface area contributed by atoms with Crippen LogP contribution in [0.5, 0.6) is 0 Å². The summed E-state index contributed by atoms with van der Waals surface area (Å²) in [5, 5.41) is 12.9. The first-order chi connectivity index (χ1) is 7.20. The van der Waals surface area contributed by atoms with Crippen LogP contribution in [0.4, 0.5) is 0 Å². The van der Waals surface area contributed by atoms with Gasteiger partial charge in [0.25, 0.3) is 0 Å². The molecule has 5 heteroatoms. The molecule has 0 spiro atoms. The number of carboxylic acid groups (broad SMARTS) is 1. The molecule has 1 heterocycles. The molecule has 0 aliphatic carbocycles. The van der Waals surface area contributed by atoms with Gasteiger partial charge < -0.3 is 5.11 Å². The second kappa shape index (κ2) is 4.01. The average Bonchev–Trinajstić information content (AvgIpc) is 2.61. The van der Waals surface area contributed by atoms with Crippen LogP contribution in [-0.2, 0) is 0 Å². The van der Waals surface area contributed by atoms with E-state index in [1.807, 2.05) is 52.9 Å². The van der Waals surface area contributed by atoms with Gasteiger partial charge in [-0.2, -0.15) is 5.10 Å². The molecule has 4 nitrogen and oxygen atoms in total. The number of carboxylic acids is 1. The van der Waals surface area contributed by atoms with Crippen molar-refractivity contribution in [1.82, 2.24) is 9.78 Å². The number of hydrogen-bond donors (Lipinski definition) is 1. The summed E-state index contributed by atoms with van der Waals surface area (Å²) in [5.74, 6) is -0.957. The second-order valence-electron chi connectivity index (χ2n) is 2.90. The minimum atomic E-state index is -0.957. The van der Waals surface area contributed by atoms with Crippen molar-refractivity contribution < 1.29 is 9.90 Å². The van der Waals surface area contributed by atoms with Crippen LogP contribution in [0.3, 0.4) is 0 Å². The van der Waals surface area contributed by atoms with E-state index in [0.717, 1.165) is 5.69 Å². The fourth-order valence-electron chi connectivity index (χ4n) is 1.23. The van der Waals surface area contributed by atoms with E-state index in [1.165, 1.54) is 6.20 Å².